The van der Waals surface area contributed by atoms with E-state index in [0.29, 0.717) is 32.7 Å². The molecule has 0 bridgehead atoms. The molecule has 2 amide bonds. The van der Waals surface area contributed by atoms with Crippen molar-refractivity contribution in [1.82, 2.24) is 15.5 Å². The summed E-state index contributed by atoms with van der Waals surface area (Å²) in [5, 5.41) is 24.7. The van der Waals surface area contributed by atoms with Crippen molar-refractivity contribution in [1.29, 1.82) is 0 Å². The lowest BCUT2D eigenvalue weighted by Gasteiger charge is -2.27. The standard InChI is InChI=1S/C28H45N3O6/c1-2-3-4-5-6-7-8-9-23(21-26(33)34)27(35)30-25(20-22-10-12-24(32)13-11-22)28(36)29-14-15-31-16-18-37-19-17-31/h10-13,23,25,32H,2-9,14-21H2,1H3,(H,29,36)(H,30,35)(H,33,34)/t23-,25+/m0/s1. The number of phenolic OH excluding ortho intramolecular Hbond substituents is 1. The Balaban J connectivity index is 1.96. The molecule has 2 rings (SSSR count). The molecule has 1 aromatic carbocycles. The zero-order chi connectivity index (χ0) is 26.9. The fraction of sp³-hybridized carbons (Fsp3) is 0.679. The number of carbonyl (C=O) groups excluding carboxylic acids is 2. The quantitative estimate of drug-likeness (QED) is 0.219. The monoisotopic (exact) mass is 519 g/mol. The molecule has 1 aliphatic rings. The van der Waals surface area contributed by atoms with Crippen LogP contribution in [0.2, 0.25) is 0 Å². The number of aromatic hydroxyl groups is 1. The van der Waals surface area contributed by atoms with Gasteiger partial charge in [0.1, 0.15) is 11.8 Å². The van der Waals surface area contributed by atoms with Crippen LogP contribution in [-0.4, -0.2) is 78.3 Å². The molecular weight excluding hydrogens is 474 g/mol. The maximum atomic E-state index is 13.1. The molecule has 0 spiro atoms. The Labute approximate surface area is 221 Å². The number of rotatable bonds is 18. The average molecular weight is 520 g/mol. The Morgan fingerprint density at radius 2 is 1.62 bits per heavy atom. The number of carboxylic acids is 1. The molecule has 1 aromatic rings. The minimum atomic E-state index is -1.02. The molecular formula is C28H45N3O6. The molecule has 0 radical (unpaired) electrons. The van der Waals surface area contributed by atoms with Crippen molar-refractivity contribution in [2.45, 2.75) is 77.2 Å². The van der Waals surface area contributed by atoms with E-state index >= 15 is 0 Å². The van der Waals surface area contributed by atoms with Crippen LogP contribution in [0.1, 0.15) is 70.3 Å². The number of hydrogen-bond acceptors (Lipinski definition) is 6. The lowest BCUT2D eigenvalue weighted by Crippen LogP contribution is -2.51. The topological polar surface area (TPSA) is 128 Å². The van der Waals surface area contributed by atoms with Crippen molar-refractivity contribution in [3.63, 3.8) is 0 Å². The van der Waals surface area contributed by atoms with E-state index in [2.05, 4.69) is 22.5 Å². The van der Waals surface area contributed by atoms with Gasteiger partial charge in [0.2, 0.25) is 11.8 Å². The summed E-state index contributed by atoms with van der Waals surface area (Å²) in [6.07, 6.45) is 8.07. The number of aliphatic carboxylic acids is 1. The Morgan fingerprint density at radius 3 is 2.27 bits per heavy atom. The molecule has 1 fully saturated rings. The fourth-order valence-corrected chi connectivity index (χ4v) is 4.54. The summed E-state index contributed by atoms with van der Waals surface area (Å²) in [5.74, 6) is -2.29. The van der Waals surface area contributed by atoms with Crippen LogP contribution in [0.5, 0.6) is 5.75 Å². The molecule has 0 aliphatic carbocycles. The molecule has 208 valence electrons. The molecule has 1 heterocycles. The summed E-state index contributed by atoms with van der Waals surface area (Å²) in [7, 11) is 0. The van der Waals surface area contributed by atoms with Crippen LogP contribution in [0.3, 0.4) is 0 Å². The number of hydrogen-bond donors (Lipinski definition) is 4. The van der Waals surface area contributed by atoms with Gasteiger partial charge in [0, 0.05) is 38.5 Å². The van der Waals surface area contributed by atoms with Crippen LogP contribution in [-0.2, 0) is 25.5 Å². The van der Waals surface area contributed by atoms with E-state index in [0.717, 1.165) is 44.3 Å². The van der Waals surface area contributed by atoms with E-state index < -0.39 is 23.8 Å². The van der Waals surface area contributed by atoms with Crippen LogP contribution in [0.15, 0.2) is 24.3 Å². The highest BCUT2D eigenvalue weighted by atomic mass is 16.5. The SMILES string of the molecule is CCCCCCCCC[C@@H](CC(=O)O)C(=O)N[C@H](Cc1ccc(O)cc1)C(=O)NCCN1CCOCC1. The number of phenols is 1. The highest BCUT2D eigenvalue weighted by Gasteiger charge is 2.27. The first-order chi connectivity index (χ1) is 17.9. The zero-order valence-electron chi connectivity index (χ0n) is 22.3. The first-order valence-corrected chi connectivity index (χ1v) is 13.8. The van der Waals surface area contributed by atoms with Gasteiger partial charge in [-0.25, -0.2) is 0 Å². The van der Waals surface area contributed by atoms with Gasteiger partial charge < -0.3 is 25.6 Å². The molecule has 0 unspecified atom stereocenters. The van der Waals surface area contributed by atoms with Gasteiger partial charge in [0.05, 0.1) is 19.6 Å². The molecule has 9 nitrogen and oxygen atoms in total. The summed E-state index contributed by atoms with van der Waals surface area (Å²) in [4.78, 5) is 39.9. The van der Waals surface area contributed by atoms with Crippen LogP contribution in [0.25, 0.3) is 0 Å². The van der Waals surface area contributed by atoms with Crippen molar-refractivity contribution in [2.24, 2.45) is 5.92 Å². The largest absolute Gasteiger partial charge is 0.508 e. The first kappa shape index (κ1) is 30.6. The Bertz CT molecular complexity index is 811. The van der Waals surface area contributed by atoms with Gasteiger partial charge in [0.25, 0.3) is 0 Å². The van der Waals surface area contributed by atoms with Crippen LogP contribution in [0.4, 0.5) is 0 Å². The Morgan fingerprint density at radius 1 is 0.973 bits per heavy atom. The zero-order valence-corrected chi connectivity index (χ0v) is 22.3. The number of benzene rings is 1. The molecule has 9 heteroatoms. The number of nitrogens with zero attached hydrogens (tertiary/aromatic N) is 1. The predicted molar refractivity (Wildman–Crippen MR) is 142 cm³/mol. The van der Waals surface area contributed by atoms with Crippen molar-refractivity contribution >= 4 is 17.8 Å². The number of morpholine rings is 1. The predicted octanol–water partition coefficient (Wildman–Crippen LogP) is 3.10. The number of nitrogens with one attached hydrogen (secondary N) is 2. The second-order valence-corrected chi connectivity index (χ2v) is 9.88. The van der Waals surface area contributed by atoms with Crippen LogP contribution >= 0.6 is 0 Å². The van der Waals surface area contributed by atoms with Gasteiger partial charge in [-0.2, -0.15) is 0 Å². The van der Waals surface area contributed by atoms with Gasteiger partial charge in [-0.15, -0.1) is 0 Å². The van der Waals surface area contributed by atoms with E-state index in [-0.39, 0.29) is 24.5 Å². The smallest absolute Gasteiger partial charge is 0.304 e. The van der Waals surface area contributed by atoms with Gasteiger partial charge >= 0.3 is 5.97 Å². The molecule has 1 saturated heterocycles. The van der Waals surface area contributed by atoms with E-state index in [9.17, 15) is 24.6 Å². The molecule has 0 aromatic heterocycles. The third kappa shape index (κ3) is 12.9. The lowest BCUT2D eigenvalue weighted by molar-refractivity contribution is -0.141. The molecule has 1 aliphatic heterocycles. The van der Waals surface area contributed by atoms with E-state index in [1.807, 2.05) is 0 Å². The molecule has 4 N–H and O–H groups in total. The van der Waals surface area contributed by atoms with Crippen LogP contribution < -0.4 is 10.6 Å². The van der Waals surface area contributed by atoms with E-state index in [4.69, 9.17) is 4.74 Å². The summed E-state index contributed by atoms with van der Waals surface area (Å²) in [6.45, 7) is 6.30. The Hall–Kier alpha value is -2.65. The van der Waals surface area contributed by atoms with Crippen molar-refractivity contribution in [3.8, 4) is 5.75 Å². The highest BCUT2D eigenvalue weighted by Crippen LogP contribution is 2.17. The summed E-state index contributed by atoms with van der Waals surface area (Å²) >= 11 is 0. The highest BCUT2D eigenvalue weighted by molar-refractivity contribution is 5.90. The normalized spacial score (nSPS) is 15.6. The number of ether oxygens (including phenoxy) is 1. The summed E-state index contributed by atoms with van der Waals surface area (Å²) in [6, 6.07) is 5.66. The summed E-state index contributed by atoms with van der Waals surface area (Å²) in [5.41, 5.74) is 0.785. The van der Waals surface area contributed by atoms with Crippen molar-refractivity contribution in [2.75, 3.05) is 39.4 Å². The second-order valence-electron chi connectivity index (χ2n) is 9.88. The van der Waals surface area contributed by atoms with Gasteiger partial charge in [-0.1, -0.05) is 64.0 Å². The fourth-order valence-electron chi connectivity index (χ4n) is 4.54. The lowest BCUT2D eigenvalue weighted by atomic mass is 9.95. The third-order valence-corrected chi connectivity index (χ3v) is 6.79. The minimum absolute atomic E-state index is 0.121. The minimum Gasteiger partial charge on any atom is -0.508 e. The first-order valence-electron chi connectivity index (χ1n) is 13.8. The van der Waals surface area contributed by atoms with E-state index in [1.165, 1.54) is 31.4 Å². The van der Waals surface area contributed by atoms with Crippen LogP contribution in [0, 0.1) is 5.92 Å². The number of amides is 2. The maximum absolute atomic E-state index is 13.1. The number of carboxylic acid groups (broad SMARTS) is 1. The number of carbonyl (C=O) groups is 3. The van der Waals surface area contributed by atoms with Gasteiger partial charge in [-0.3, -0.25) is 19.3 Å². The summed E-state index contributed by atoms with van der Waals surface area (Å²) < 4.78 is 5.35. The van der Waals surface area contributed by atoms with Crippen molar-refractivity contribution < 1.29 is 29.3 Å². The number of unbranched alkanes of at least 4 members (excludes halogenated alkanes) is 6. The van der Waals surface area contributed by atoms with E-state index in [1.54, 1.807) is 12.1 Å². The third-order valence-electron chi connectivity index (χ3n) is 6.79. The molecule has 37 heavy (non-hydrogen) atoms. The Kier molecular flexibility index (Phi) is 14.7. The van der Waals surface area contributed by atoms with Gasteiger partial charge in [0.15, 0.2) is 0 Å². The van der Waals surface area contributed by atoms with Gasteiger partial charge in [-0.05, 0) is 24.1 Å². The second kappa shape index (κ2) is 17.7. The maximum Gasteiger partial charge on any atom is 0.304 e. The molecule has 0 saturated carbocycles. The molecule has 2 atom stereocenters. The average Bonchev–Trinajstić information content (AvgIpc) is 2.88. The van der Waals surface area contributed by atoms with Crippen molar-refractivity contribution in [3.05, 3.63) is 29.8 Å².